The van der Waals surface area contributed by atoms with Gasteiger partial charge in [0.1, 0.15) is 24.4 Å². The molecule has 4 atom stereocenters. The summed E-state index contributed by atoms with van der Waals surface area (Å²) in [6.45, 7) is -0.428. The minimum Gasteiger partial charge on any atom is -0.464 e. The molecule has 0 spiro atoms. The Bertz CT molecular complexity index is 465. The molecule has 0 radical (unpaired) electrons. The lowest BCUT2D eigenvalue weighted by Crippen LogP contribution is -2.32. The molecule has 0 aromatic carbocycles. The summed E-state index contributed by atoms with van der Waals surface area (Å²) in [6.07, 6.45) is -2.89. The van der Waals surface area contributed by atoms with Gasteiger partial charge in [-0.1, -0.05) is 6.07 Å². The maximum absolute atomic E-state index is 11.6. The number of methoxy groups -OCH3 is 1. The summed E-state index contributed by atoms with van der Waals surface area (Å²) in [4.78, 5) is 15.5. The highest BCUT2D eigenvalue weighted by atomic mass is 16.6. The van der Waals surface area contributed by atoms with E-state index in [0.29, 0.717) is 5.56 Å². The van der Waals surface area contributed by atoms with Gasteiger partial charge in [-0.3, -0.25) is 0 Å². The number of aliphatic hydroxyl groups is 3. The zero-order valence-corrected chi connectivity index (χ0v) is 10.3. The molecule has 1 saturated heterocycles. The number of hydrogen-bond acceptors (Lipinski definition) is 7. The van der Waals surface area contributed by atoms with Crippen LogP contribution in [0.4, 0.5) is 0 Å². The molecule has 1 aliphatic heterocycles. The average molecular weight is 269 g/mol. The van der Waals surface area contributed by atoms with Crippen molar-refractivity contribution in [1.29, 1.82) is 0 Å². The number of carbonyl (C=O) groups excluding carboxylic acids is 1. The van der Waals surface area contributed by atoms with Gasteiger partial charge in [0.15, 0.2) is 5.69 Å². The first-order chi connectivity index (χ1) is 9.10. The van der Waals surface area contributed by atoms with Gasteiger partial charge in [-0.15, -0.1) is 0 Å². The molecule has 1 aromatic rings. The number of ether oxygens (including phenoxy) is 2. The average Bonchev–Trinajstić information content (AvgIpc) is 2.74. The molecule has 104 valence electrons. The van der Waals surface area contributed by atoms with Crippen LogP contribution in [-0.4, -0.2) is 58.3 Å². The van der Waals surface area contributed by atoms with E-state index in [4.69, 9.17) is 9.84 Å². The number of hydrogen-bond donors (Lipinski definition) is 3. The fourth-order valence-corrected chi connectivity index (χ4v) is 2.07. The van der Waals surface area contributed by atoms with Crippen LogP contribution in [0.25, 0.3) is 0 Å². The molecule has 3 N–H and O–H groups in total. The number of carbonyl (C=O) groups is 1. The molecule has 2 rings (SSSR count). The van der Waals surface area contributed by atoms with Crippen LogP contribution >= 0.6 is 0 Å². The molecule has 2 heterocycles. The standard InChI is InChI=1S/C12H15NO6/c1-18-12(17)8-6(3-2-4-13-8)11-10(16)9(15)7(5-14)19-11/h2-4,7,9-11,14-16H,5H2,1H3/t7-,9-,10-,11?/m1/s1. The van der Waals surface area contributed by atoms with Crippen LogP contribution in [0.2, 0.25) is 0 Å². The van der Waals surface area contributed by atoms with E-state index >= 15 is 0 Å². The van der Waals surface area contributed by atoms with Crippen molar-refractivity contribution in [2.75, 3.05) is 13.7 Å². The highest BCUT2D eigenvalue weighted by Gasteiger charge is 2.44. The first-order valence-electron chi connectivity index (χ1n) is 5.75. The second-order valence-corrected chi connectivity index (χ2v) is 4.19. The Morgan fingerprint density at radius 1 is 1.47 bits per heavy atom. The molecule has 7 heteroatoms. The van der Waals surface area contributed by atoms with Crippen molar-refractivity contribution >= 4 is 5.97 Å². The van der Waals surface area contributed by atoms with Crippen molar-refractivity contribution in [3.05, 3.63) is 29.6 Å². The highest BCUT2D eigenvalue weighted by molar-refractivity contribution is 5.88. The van der Waals surface area contributed by atoms with E-state index in [1.54, 1.807) is 12.1 Å². The normalized spacial score (nSPS) is 30.3. The monoisotopic (exact) mass is 269 g/mol. The fraction of sp³-hybridized carbons (Fsp3) is 0.500. The molecule has 1 aromatic heterocycles. The molecule has 7 nitrogen and oxygen atoms in total. The smallest absolute Gasteiger partial charge is 0.357 e. The predicted molar refractivity (Wildman–Crippen MR) is 62.3 cm³/mol. The summed E-state index contributed by atoms with van der Waals surface area (Å²) >= 11 is 0. The minimum absolute atomic E-state index is 0.0137. The Morgan fingerprint density at radius 3 is 2.79 bits per heavy atom. The maximum Gasteiger partial charge on any atom is 0.357 e. The van der Waals surface area contributed by atoms with Crippen molar-refractivity contribution in [3.8, 4) is 0 Å². The number of aliphatic hydroxyl groups excluding tert-OH is 3. The Morgan fingerprint density at radius 2 is 2.21 bits per heavy atom. The van der Waals surface area contributed by atoms with Crippen molar-refractivity contribution in [2.45, 2.75) is 24.4 Å². The van der Waals surface area contributed by atoms with Crippen LogP contribution < -0.4 is 0 Å². The zero-order valence-electron chi connectivity index (χ0n) is 10.3. The number of rotatable bonds is 3. The van der Waals surface area contributed by atoms with Gasteiger partial charge in [0.05, 0.1) is 13.7 Å². The summed E-state index contributed by atoms with van der Waals surface area (Å²) in [5.74, 6) is -0.659. The Balaban J connectivity index is 2.35. The van der Waals surface area contributed by atoms with Gasteiger partial charge in [0.25, 0.3) is 0 Å². The Hall–Kier alpha value is -1.54. The molecule has 1 unspecified atom stereocenters. The molecule has 0 bridgehead atoms. The molecular formula is C12H15NO6. The van der Waals surface area contributed by atoms with Crippen molar-refractivity contribution in [3.63, 3.8) is 0 Å². The third-order valence-electron chi connectivity index (χ3n) is 3.07. The second kappa shape index (κ2) is 5.62. The SMILES string of the molecule is COC(=O)c1ncccc1C1O[C@H](CO)[C@@H](O)[C@H]1O. The van der Waals surface area contributed by atoms with Gasteiger partial charge in [0, 0.05) is 11.8 Å². The quantitative estimate of drug-likeness (QED) is 0.605. The van der Waals surface area contributed by atoms with E-state index in [-0.39, 0.29) is 5.69 Å². The number of nitrogens with zero attached hydrogens (tertiary/aromatic N) is 1. The van der Waals surface area contributed by atoms with Gasteiger partial charge >= 0.3 is 5.97 Å². The van der Waals surface area contributed by atoms with Crippen LogP contribution in [0.5, 0.6) is 0 Å². The van der Waals surface area contributed by atoms with E-state index in [1.165, 1.54) is 13.3 Å². The molecule has 1 fully saturated rings. The van der Waals surface area contributed by atoms with Gasteiger partial charge < -0.3 is 24.8 Å². The largest absolute Gasteiger partial charge is 0.464 e. The molecule has 0 saturated carbocycles. The summed E-state index contributed by atoms with van der Waals surface area (Å²) in [6, 6.07) is 3.14. The van der Waals surface area contributed by atoms with Gasteiger partial charge in [-0.2, -0.15) is 0 Å². The maximum atomic E-state index is 11.6. The lowest BCUT2D eigenvalue weighted by atomic mass is 10.0. The van der Waals surface area contributed by atoms with Gasteiger partial charge in [-0.05, 0) is 6.07 Å². The van der Waals surface area contributed by atoms with Crippen LogP contribution in [-0.2, 0) is 9.47 Å². The third-order valence-corrected chi connectivity index (χ3v) is 3.07. The van der Waals surface area contributed by atoms with E-state index < -0.39 is 37.0 Å². The zero-order chi connectivity index (χ0) is 14.0. The summed E-state index contributed by atoms with van der Waals surface area (Å²) < 4.78 is 9.96. The van der Waals surface area contributed by atoms with Gasteiger partial charge in [0.2, 0.25) is 0 Å². The number of pyridine rings is 1. The van der Waals surface area contributed by atoms with Crippen molar-refractivity contribution in [1.82, 2.24) is 4.98 Å². The van der Waals surface area contributed by atoms with Crippen LogP contribution in [0, 0.1) is 0 Å². The van der Waals surface area contributed by atoms with Crippen LogP contribution in [0.15, 0.2) is 18.3 Å². The van der Waals surface area contributed by atoms with Crippen molar-refractivity contribution in [2.24, 2.45) is 0 Å². The topological polar surface area (TPSA) is 109 Å². The molecular weight excluding hydrogens is 254 g/mol. The lowest BCUT2D eigenvalue weighted by Gasteiger charge is -2.16. The number of esters is 1. The minimum atomic E-state index is -1.25. The van der Waals surface area contributed by atoms with E-state index in [1.807, 2.05) is 0 Å². The van der Waals surface area contributed by atoms with Gasteiger partial charge in [-0.25, -0.2) is 9.78 Å². The third kappa shape index (κ3) is 2.45. The molecule has 0 amide bonds. The van der Waals surface area contributed by atoms with E-state index in [0.717, 1.165) is 0 Å². The Kier molecular flexibility index (Phi) is 4.11. The number of aromatic nitrogens is 1. The summed E-state index contributed by atoms with van der Waals surface area (Å²) in [7, 11) is 1.22. The van der Waals surface area contributed by atoms with Crippen LogP contribution in [0.3, 0.4) is 0 Å². The second-order valence-electron chi connectivity index (χ2n) is 4.19. The van der Waals surface area contributed by atoms with E-state index in [9.17, 15) is 15.0 Å². The molecule has 0 aliphatic carbocycles. The predicted octanol–water partition coefficient (Wildman–Crippen LogP) is -0.978. The summed E-state index contributed by atoms with van der Waals surface area (Å²) in [5, 5.41) is 28.7. The molecule has 19 heavy (non-hydrogen) atoms. The van der Waals surface area contributed by atoms with E-state index in [2.05, 4.69) is 9.72 Å². The summed E-state index contributed by atoms with van der Waals surface area (Å²) in [5.41, 5.74) is 0.330. The fourth-order valence-electron chi connectivity index (χ4n) is 2.07. The van der Waals surface area contributed by atoms with Crippen LogP contribution in [0.1, 0.15) is 22.2 Å². The first kappa shape index (κ1) is 13.9. The highest BCUT2D eigenvalue weighted by Crippen LogP contribution is 2.34. The lowest BCUT2D eigenvalue weighted by molar-refractivity contribution is -0.0231. The molecule has 1 aliphatic rings. The first-order valence-corrected chi connectivity index (χ1v) is 5.75. The van der Waals surface area contributed by atoms with Crippen molar-refractivity contribution < 1.29 is 29.6 Å². The Labute approximate surface area is 109 Å².